The maximum atomic E-state index is 12.9. The van der Waals surface area contributed by atoms with Gasteiger partial charge in [0.1, 0.15) is 18.2 Å². The molecular formula is C25H31NO4. The average molecular weight is 410 g/mol. The summed E-state index contributed by atoms with van der Waals surface area (Å²) in [4.78, 5) is 27.3. The van der Waals surface area contributed by atoms with E-state index < -0.39 is 17.7 Å². The van der Waals surface area contributed by atoms with Crippen LogP contribution in [0.5, 0.6) is 0 Å². The molecule has 1 heterocycles. The standard InChI is InChI=1S/C25H31NO4/c1-25(2,3)30-24(28)26-17-21(16-19-10-6-4-7-11-19)14-15-22(26)23(27)29-18-20-12-8-5-9-13-20/h4-13,21-22H,14-18H2,1-3H3/t21-,22-/m0/s1. The van der Waals surface area contributed by atoms with Crippen molar-refractivity contribution in [1.29, 1.82) is 0 Å². The molecule has 5 nitrogen and oxygen atoms in total. The summed E-state index contributed by atoms with van der Waals surface area (Å²) in [7, 11) is 0. The van der Waals surface area contributed by atoms with Gasteiger partial charge in [0.05, 0.1) is 0 Å². The Morgan fingerprint density at radius 2 is 1.53 bits per heavy atom. The van der Waals surface area contributed by atoms with Crippen LogP contribution in [-0.4, -0.2) is 35.2 Å². The molecule has 1 aliphatic rings. The van der Waals surface area contributed by atoms with Crippen molar-refractivity contribution in [2.75, 3.05) is 6.54 Å². The number of rotatable bonds is 5. The number of hydrogen-bond donors (Lipinski definition) is 0. The van der Waals surface area contributed by atoms with Crippen LogP contribution >= 0.6 is 0 Å². The molecule has 0 aliphatic carbocycles. The van der Waals surface area contributed by atoms with Crippen molar-refractivity contribution in [2.24, 2.45) is 5.92 Å². The van der Waals surface area contributed by atoms with Crippen molar-refractivity contribution in [1.82, 2.24) is 4.90 Å². The highest BCUT2D eigenvalue weighted by Gasteiger charge is 2.39. The minimum Gasteiger partial charge on any atom is -0.459 e. The van der Waals surface area contributed by atoms with Crippen LogP contribution in [0.15, 0.2) is 60.7 Å². The molecule has 1 aliphatic heterocycles. The number of benzene rings is 2. The summed E-state index contributed by atoms with van der Waals surface area (Å²) in [6, 6.07) is 19.2. The molecule has 5 heteroatoms. The van der Waals surface area contributed by atoms with E-state index in [-0.39, 0.29) is 18.5 Å². The number of hydrogen-bond acceptors (Lipinski definition) is 4. The zero-order valence-electron chi connectivity index (χ0n) is 18.0. The topological polar surface area (TPSA) is 55.8 Å². The van der Waals surface area contributed by atoms with Crippen LogP contribution in [0.2, 0.25) is 0 Å². The lowest BCUT2D eigenvalue weighted by molar-refractivity contribution is -0.153. The Labute approximate surface area is 179 Å². The molecule has 2 aromatic rings. The highest BCUT2D eigenvalue weighted by Crippen LogP contribution is 2.28. The van der Waals surface area contributed by atoms with Crippen LogP contribution in [0, 0.1) is 5.92 Å². The lowest BCUT2D eigenvalue weighted by Crippen LogP contribution is -2.52. The first-order valence-corrected chi connectivity index (χ1v) is 10.6. The molecule has 2 aromatic carbocycles. The minimum absolute atomic E-state index is 0.200. The molecule has 30 heavy (non-hydrogen) atoms. The van der Waals surface area contributed by atoms with E-state index in [4.69, 9.17) is 9.47 Å². The largest absolute Gasteiger partial charge is 0.459 e. The highest BCUT2D eigenvalue weighted by atomic mass is 16.6. The van der Waals surface area contributed by atoms with Crippen LogP contribution in [0.3, 0.4) is 0 Å². The van der Waals surface area contributed by atoms with E-state index in [9.17, 15) is 9.59 Å². The molecule has 0 unspecified atom stereocenters. The van der Waals surface area contributed by atoms with Gasteiger partial charge in [0.2, 0.25) is 0 Å². The summed E-state index contributed by atoms with van der Waals surface area (Å²) in [6.07, 6.45) is 1.84. The molecule has 0 N–H and O–H groups in total. The summed E-state index contributed by atoms with van der Waals surface area (Å²) in [5.74, 6) is -0.0963. The third-order valence-electron chi connectivity index (χ3n) is 5.17. The first-order chi connectivity index (χ1) is 14.3. The van der Waals surface area contributed by atoms with Gasteiger partial charge < -0.3 is 9.47 Å². The lowest BCUT2D eigenvalue weighted by Gasteiger charge is -2.39. The normalized spacial score (nSPS) is 19.2. The number of carbonyl (C=O) groups excluding carboxylic acids is 2. The first-order valence-electron chi connectivity index (χ1n) is 10.6. The molecule has 0 bridgehead atoms. The molecule has 0 aromatic heterocycles. The maximum Gasteiger partial charge on any atom is 0.411 e. The predicted octanol–water partition coefficient (Wildman–Crippen LogP) is 4.99. The Morgan fingerprint density at radius 3 is 2.13 bits per heavy atom. The fourth-order valence-electron chi connectivity index (χ4n) is 3.75. The van der Waals surface area contributed by atoms with Crippen LogP contribution < -0.4 is 0 Å². The van der Waals surface area contributed by atoms with Crippen molar-refractivity contribution >= 4 is 12.1 Å². The van der Waals surface area contributed by atoms with Gasteiger partial charge in [0.15, 0.2) is 0 Å². The third kappa shape index (κ3) is 6.34. The van der Waals surface area contributed by atoms with Gasteiger partial charge in [-0.05, 0) is 57.1 Å². The van der Waals surface area contributed by atoms with Gasteiger partial charge in [-0.15, -0.1) is 0 Å². The third-order valence-corrected chi connectivity index (χ3v) is 5.17. The Balaban J connectivity index is 1.68. The first kappa shape index (κ1) is 21.9. The number of piperidine rings is 1. The Morgan fingerprint density at radius 1 is 0.933 bits per heavy atom. The summed E-state index contributed by atoms with van der Waals surface area (Å²) in [5.41, 5.74) is 1.53. The van der Waals surface area contributed by atoms with E-state index in [1.165, 1.54) is 5.56 Å². The predicted molar refractivity (Wildman–Crippen MR) is 116 cm³/mol. The molecule has 0 radical (unpaired) electrons. The second kappa shape index (κ2) is 9.79. The van der Waals surface area contributed by atoms with Crippen LogP contribution in [0.25, 0.3) is 0 Å². The van der Waals surface area contributed by atoms with Crippen LogP contribution in [0.4, 0.5) is 4.79 Å². The molecule has 3 rings (SSSR count). The van der Waals surface area contributed by atoms with Gasteiger partial charge in [-0.2, -0.15) is 0 Å². The van der Waals surface area contributed by atoms with Crippen molar-refractivity contribution in [2.45, 2.75) is 58.3 Å². The summed E-state index contributed by atoms with van der Waals surface area (Å²) < 4.78 is 11.1. The fraction of sp³-hybridized carbons (Fsp3) is 0.440. The molecule has 160 valence electrons. The second-order valence-electron chi connectivity index (χ2n) is 8.87. The molecule has 0 saturated carbocycles. The van der Waals surface area contributed by atoms with E-state index >= 15 is 0 Å². The number of ether oxygens (including phenoxy) is 2. The average Bonchev–Trinajstić information content (AvgIpc) is 2.72. The summed E-state index contributed by atoms with van der Waals surface area (Å²) >= 11 is 0. The number of likely N-dealkylation sites (tertiary alicyclic amines) is 1. The zero-order valence-corrected chi connectivity index (χ0v) is 18.0. The SMILES string of the molecule is CC(C)(C)OC(=O)N1C[C@H](Cc2ccccc2)CC[C@H]1C(=O)OCc1ccccc1. The van der Waals surface area contributed by atoms with Crippen molar-refractivity contribution in [3.63, 3.8) is 0 Å². The smallest absolute Gasteiger partial charge is 0.411 e. The van der Waals surface area contributed by atoms with E-state index in [0.29, 0.717) is 13.0 Å². The number of nitrogens with zero attached hydrogens (tertiary/aromatic N) is 1. The van der Waals surface area contributed by atoms with E-state index in [1.807, 2.05) is 69.3 Å². The molecule has 1 fully saturated rings. The zero-order chi connectivity index (χ0) is 21.6. The quantitative estimate of drug-likeness (QED) is 0.653. The van der Waals surface area contributed by atoms with E-state index in [1.54, 1.807) is 4.90 Å². The Hall–Kier alpha value is -2.82. The Kier molecular flexibility index (Phi) is 7.14. The lowest BCUT2D eigenvalue weighted by atomic mass is 9.88. The molecular weight excluding hydrogens is 378 g/mol. The summed E-state index contributed by atoms with van der Waals surface area (Å²) in [5, 5.41) is 0. The second-order valence-corrected chi connectivity index (χ2v) is 8.87. The molecule has 1 amide bonds. The van der Waals surface area contributed by atoms with Gasteiger partial charge >= 0.3 is 12.1 Å². The van der Waals surface area contributed by atoms with Gasteiger partial charge in [-0.3, -0.25) is 4.90 Å². The number of amides is 1. The van der Waals surface area contributed by atoms with Crippen molar-refractivity contribution in [3.05, 3.63) is 71.8 Å². The van der Waals surface area contributed by atoms with Crippen LogP contribution in [0.1, 0.15) is 44.7 Å². The van der Waals surface area contributed by atoms with Gasteiger partial charge in [0.25, 0.3) is 0 Å². The van der Waals surface area contributed by atoms with Gasteiger partial charge in [-0.25, -0.2) is 9.59 Å². The van der Waals surface area contributed by atoms with E-state index in [2.05, 4.69) is 12.1 Å². The molecule has 0 spiro atoms. The molecule has 1 saturated heterocycles. The number of esters is 1. The van der Waals surface area contributed by atoms with Crippen LogP contribution in [-0.2, 0) is 27.3 Å². The van der Waals surface area contributed by atoms with Crippen molar-refractivity contribution in [3.8, 4) is 0 Å². The van der Waals surface area contributed by atoms with Gasteiger partial charge in [-0.1, -0.05) is 60.7 Å². The number of carbonyl (C=O) groups is 2. The highest BCUT2D eigenvalue weighted by molar-refractivity contribution is 5.81. The maximum absolute atomic E-state index is 12.9. The summed E-state index contributed by atoms with van der Waals surface area (Å²) in [6.45, 7) is 6.18. The fourth-order valence-corrected chi connectivity index (χ4v) is 3.75. The monoisotopic (exact) mass is 409 g/mol. The molecule has 2 atom stereocenters. The Bertz CT molecular complexity index is 829. The minimum atomic E-state index is -0.623. The van der Waals surface area contributed by atoms with Gasteiger partial charge in [0, 0.05) is 6.54 Å². The van der Waals surface area contributed by atoms with E-state index in [0.717, 1.165) is 18.4 Å². The van der Waals surface area contributed by atoms with Crippen molar-refractivity contribution < 1.29 is 19.1 Å².